The first-order valence-corrected chi connectivity index (χ1v) is 7.03. The second-order valence-corrected chi connectivity index (χ2v) is 5.26. The van der Waals surface area contributed by atoms with Gasteiger partial charge in [0, 0.05) is 26.3 Å². The zero-order valence-corrected chi connectivity index (χ0v) is 12.3. The smallest absolute Gasteiger partial charge is 0.315 e. The van der Waals surface area contributed by atoms with Crippen molar-refractivity contribution >= 4 is 11.9 Å². The predicted octanol–water partition coefficient (Wildman–Crippen LogP) is 0.0459. The van der Waals surface area contributed by atoms with Crippen LogP contribution in [0.1, 0.15) is 22.0 Å². The molecule has 0 saturated carbocycles. The first-order valence-electron chi connectivity index (χ1n) is 7.03. The van der Waals surface area contributed by atoms with Crippen molar-refractivity contribution in [2.75, 3.05) is 6.54 Å². The summed E-state index contributed by atoms with van der Waals surface area (Å²) in [5.74, 6) is 0.658. The van der Waals surface area contributed by atoms with Gasteiger partial charge in [0.15, 0.2) is 0 Å². The maximum Gasteiger partial charge on any atom is 0.315 e. The molecule has 8 nitrogen and oxygen atoms in total. The summed E-state index contributed by atoms with van der Waals surface area (Å²) in [4.78, 5) is 29.2. The fourth-order valence-corrected chi connectivity index (χ4v) is 2.61. The van der Waals surface area contributed by atoms with Crippen molar-refractivity contribution in [1.29, 1.82) is 0 Å². The fraction of sp³-hybridized carbons (Fsp3) is 0.357. The van der Waals surface area contributed by atoms with E-state index in [9.17, 15) is 9.59 Å². The van der Waals surface area contributed by atoms with Gasteiger partial charge in [0.2, 0.25) is 0 Å². The van der Waals surface area contributed by atoms with Gasteiger partial charge in [-0.25, -0.2) is 9.78 Å². The molecule has 3 rings (SSSR count). The quantitative estimate of drug-likeness (QED) is 0.838. The van der Waals surface area contributed by atoms with Crippen LogP contribution >= 0.6 is 0 Å². The highest BCUT2D eigenvalue weighted by molar-refractivity contribution is 5.92. The molecule has 3 amide bonds. The molecule has 3 heterocycles. The van der Waals surface area contributed by atoms with Crippen LogP contribution in [0.25, 0.3) is 0 Å². The minimum absolute atomic E-state index is 0.127. The van der Waals surface area contributed by atoms with Crippen molar-refractivity contribution in [3.8, 4) is 0 Å². The topological polar surface area (TPSA) is 98.2 Å². The Hall–Kier alpha value is -2.77. The molecule has 0 atom stereocenters. The summed E-state index contributed by atoms with van der Waals surface area (Å²) in [6, 6.07) is 3.16. The Morgan fingerprint density at radius 2 is 2.23 bits per heavy atom. The Kier molecular flexibility index (Phi) is 3.58. The van der Waals surface area contributed by atoms with Crippen molar-refractivity contribution in [3.63, 3.8) is 0 Å². The van der Waals surface area contributed by atoms with Gasteiger partial charge in [0.25, 0.3) is 5.91 Å². The number of nitrogens with two attached hydrogens (primary N) is 1. The number of hydrogen-bond acceptors (Lipinski definition) is 3. The standard InChI is InChI=1S/C14H18N6O2/c1-18-4-2-3-11(18)13(21)17-8-10-7-16-12-9-19(14(15)22)5-6-20(10)12/h2-4,7H,5-6,8-9H2,1H3,(H2,15,22)(H,17,21). The number of carbonyl (C=O) groups excluding carboxylic acids is 2. The van der Waals surface area contributed by atoms with Crippen molar-refractivity contribution in [1.82, 2.24) is 24.3 Å². The van der Waals surface area contributed by atoms with Crippen LogP contribution in [-0.4, -0.2) is 37.5 Å². The number of hydrogen-bond donors (Lipinski definition) is 2. The van der Waals surface area contributed by atoms with Crippen LogP contribution < -0.4 is 11.1 Å². The zero-order chi connectivity index (χ0) is 15.7. The van der Waals surface area contributed by atoms with Gasteiger partial charge >= 0.3 is 6.03 Å². The molecule has 1 aliphatic heterocycles. The van der Waals surface area contributed by atoms with Gasteiger partial charge in [-0.3, -0.25) is 4.79 Å². The first kappa shape index (κ1) is 14.2. The molecule has 22 heavy (non-hydrogen) atoms. The average Bonchev–Trinajstić information content (AvgIpc) is 3.10. The van der Waals surface area contributed by atoms with Gasteiger partial charge in [-0.05, 0) is 12.1 Å². The molecule has 0 aliphatic carbocycles. The number of fused-ring (bicyclic) bond motifs is 1. The number of imidazole rings is 1. The Morgan fingerprint density at radius 1 is 1.41 bits per heavy atom. The maximum absolute atomic E-state index is 12.1. The number of nitrogens with zero attached hydrogens (tertiary/aromatic N) is 4. The van der Waals surface area contributed by atoms with E-state index in [4.69, 9.17) is 5.73 Å². The van der Waals surface area contributed by atoms with Crippen LogP contribution in [0.3, 0.4) is 0 Å². The monoisotopic (exact) mass is 302 g/mol. The molecule has 8 heteroatoms. The van der Waals surface area contributed by atoms with Crippen molar-refractivity contribution in [2.24, 2.45) is 12.8 Å². The van der Waals surface area contributed by atoms with E-state index in [1.807, 2.05) is 23.9 Å². The molecule has 2 aromatic heterocycles. The third kappa shape index (κ3) is 2.54. The third-order valence-electron chi connectivity index (χ3n) is 3.86. The highest BCUT2D eigenvalue weighted by Crippen LogP contribution is 2.14. The van der Waals surface area contributed by atoms with E-state index in [0.717, 1.165) is 11.5 Å². The van der Waals surface area contributed by atoms with E-state index in [1.54, 1.807) is 21.7 Å². The number of urea groups is 1. The molecule has 0 unspecified atom stereocenters. The number of nitrogens with one attached hydrogen (secondary N) is 1. The average molecular weight is 302 g/mol. The van der Waals surface area contributed by atoms with E-state index in [2.05, 4.69) is 10.3 Å². The van der Waals surface area contributed by atoms with E-state index in [-0.39, 0.29) is 5.91 Å². The van der Waals surface area contributed by atoms with Crippen LogP contribution in [-0.2, 0) is 26.7 Å². The Labute approximate surface area is 127 Å². The van der Waals surface area contributed by atoms with E-state index in [1.165, 1.54) is 0 Å². The van der Waals surface area contributed by atoms with Crippen molar-refractivity contribution < 1.29 is 9.59 Å². The SMILES string of the molecule is Cn1cccc1C(=O)NCc1cnc2n1CCN(C(N)=O)C2. The lowest BCUT2D eigenvalue weighted by atomic mass is 10.3. The van der Waals surface area contributed by atoms with E-state index >= 15 is 0 Å². The van der Waals surface area contributed by atoms with Gasteiger partial charge < -0.3 is 25.1 Å². The zero-order valence-electron chi connectivity index (χ0n) is 12.3. The van der Waals surface area contributed by atoms with Crippen LogP contribution in [0.4, 0.5) is 4.79 Å². The summed E-state index contributed by atoms with van der Waals surface area (Å²) in [7, 11) is 1.83. The predicted molar refractivity (Wildman–Crippen MR) is 78.8 cm³/mol. The Bertz CT molecular complexity index is 717. The second-order valence-electron chi connectivity index (χ2n) is 5.26. The molecule has 116 valence electrons. The minimum atomic E-state index is -0.437. The first-order chi connectivity index (χ1) is 10.6. The van der Waals surface area contributed by atoms with Crippen LogP contribution in [0.5, 0.6) is 0 Å². The highest BCUT2D eigenvalue weighted by Gasteiger charge is 2.22. The number of primary amides is 1. The molecule has 2 aromatic rings. The summed E-state index contributed by atoms with van der Waals surface area (Å²) in [5.41, 5.74) is 6.82. The van der Waals surface area contributed by atoms with Gasteiger partial charge in [-0.1, -0.05) is 0 Å². The number of rotatable bonds is 3. The van der Waals surface area contributed by atoms with E-state index in [0.29, 0.717) is 31.9 Å². The maximum atomic E-state index is 12.1. The van der Waals surface area contributed by atoms with Gasteiger partial charge in [0.05, 0.1) is 25.0 Å². The molecular formula is C14H18N6O2. The summed E-state index contributed by atoms with van der Waals surface area (Å²) in [5, 5.41) is 2.89. The van der Waals surface area contributed by atoms with Crippen molar-refractivity contribution in [2.45, 2.75) is 19.6 Å². The fourth-order valence-electron chi connectivity index (χ4n) is 2.61. The second kappa shape index (κ2) is 5.55. The van der Waals surface area contributed by atoms with E-state index < -0.39 is 6.03 Å². The van der Waals surface area contributed by atoms with Crippen LogP contribution in [0, 0.1) is 0 Å². The summed E-state index contributed by atoms with van der Waals surface area (Å²) in [6.07, 6.45) is 3.55. The molecule has 0 radical (unpaired) electrons. The minimum Gasteiger partial charge on any atom is -0.351 e. The summed E-state index contributed by atoms with van der Waals surface area (Å²) < 4.78 is 3.79. The highest BCUT2D eigenvalue weighted by atomic mass is 16.2. The Morgan fingerprint density at radius 3 is 2.91 bits per heavy atom. The molecule has 3 N–H and O–H groups in total. The molecule has 0 saturated heterocycles. The van der Waals surface area contributed by atoms with Gasteiger partial charge in [-0.2, -0.15) is 0 Å². The molecule has 0 aromatic carbocycles. The molecular weight excluding hydrogens is 284 g/mol. The lowest BCUT2D eigenvalue weighted by Crippen LogP contribution is -2.42. The normalized spacial score (nSPS) is 13.8. The van der Waals surface area contributed by atoms with Gasteiger partial charge in [-0.15, -0.1) is 0 Å². The summed E-state index contributed by atoms with van der Waals surface area (Å²) >= 11 is 0. The lowest BCUT2D eigenvalue weighted by Gasteiger charge is -2.27. The van der Waals surface area contributed by atoms with Crippen LogP contribution in [0.2, 0.25) is 0 Å². The molecule has 0 bridgehead atoms. The molecule has 0 fully saturated rings. The van der Waals surface area contributed by atoms with Crippen LogP contribution in [0.15, 0.2) is 24.5 Å². The number of amides is 3. The third-order valence-corrected chi connectivity index (χ3v) is 3.86. The molecule has 1 aliphatic rings. The number of aryl methyl sites for hydroxylation is 1. The number of aromatic nitrogens is 3. The van der Waals surface area contributed by atoms with Gasteiger partial charge in [0.1, 0.15) is 11.5 Å². The summed E-state index contributed by atoms with van der Waals surface area (Å²) in [6.45, 7) is 1.99. The molecule has 0 spiro atoms. The largest absolute Gasteiger partial charge is 0.351 e. The Balaban J connectivity index is 1.67. The lowest BCUT2D eigenvalue weighted by molar-refractivity contribution is 0.0941. The van der Waals surface area contributed by atoms with Crippen molar-refractivity contribution in [3.05, 3.63) is 41.7 Å². The number of carbonyl (C=O) groups is 2.